The second kappa shape index (κ2) is 6.11. The molecule has 128 valence electrons. The Kier molecular flexibility index (Phi) is 3.92. The number of furan rings is 1. The van der Waals surface area contributed by atoms with Crippen LogP contribution in [0.3, 0.4) is 0 Å². The van der Waals surface area contributed by atoms with Gasteiger partial charge in [-0.15, -0.1) is 0 Å². The molecule has 6 heteroatoms. The van der Waals surface area contributed by atoms with Crippen LogP contribution in [0, 0.1) is 20.8 Å². The van der Waals surface area contributed by atoms with Crippen LogP contribution in [0.5, 0.6) is 0 Å². The maximum atomic E-state index is 12.8. The van der Waals surface area contributed by atoms with E-state index in [1.807, 2.05) is 47.6 Å². The molecule has 1 aromatic carbocycles. The Morgan fingerprint density at radius 3 is 2.64 bits per heavy atom. The summed E-state index contributed by atoms with van der Waals surface area (Å²) < 4.78 is 7.33. The molecule has 1 N–H and O–H groups in total. The zero-order valence-electron chi connectivity index (χ0n) is 14.4. The van der Waals surface area contributed by atoms with Crippen LogP contribution in [0.15, 0.2) is 34.7 Å². The average molecular weight is 353 g/mol. The number of anilines is 1. The molecule has 0 saturated heterocycles. The normalized spacial score (nSPS) is 13.1. The topological polar surface area (TPSA) is 60.1 Å². The number of nitrogens with zero attached hydrogens (tertiary/aromatic N) is 2. The van der Waals surface area contributed by atoms with E-state index in [0.717, 1.165) is 40.0 Å². The van der Waals surface area contributed by atoms with E-state index in [-0.39, 0.29) is 5.91 Å². The number of benzene rings is 1. The fourth-order valence-corrected chi connectivity index (χ4v) is 4.08. The highest BCUT2D eigenvalue weighted by molar-refractivity contribution is 7.98. The molecule has 2 aromatic heterocycles. The lowest BCUT2D eigenvalue weighted by atomic mass is 10.2. The highest BCUT2D eigenvalue weighted by Gasteiger charge is 2.25. The highest BCUT2D eigenvalue weighted by Crippen LogP contribution is 2.36. The molecule has 0 aliphatic carbocycles. The molecule has 0 atom stereocenters. The van der Waals surface area contributed by atoms with Gasteiger partial charge in [-0.05, 0) is 39.0 Å². The first-order valence-electron chi connectivity index (χ1n) is 8.17. The number of thioether (sulfide) groups is 1. The number of nitrogens with one attached hydrogen (secondary N) is 1. The summed E-state index contributed by atoms with van der Waals surface area (Å²) in [6.45, 7) is 5.70. The fraction of sp³-hybridized carbons (Fsp3) is 0.263. The number of aryl methyl sites for hydroxylation is 3. The van der Waals surface area contributed by atoms with Gasteiger partial charge in [0.2, 0.25) is 0 Å². The van der Waals surface area contributed by atoms with Gasteiger partial charge in [0.05, 0.1) is 16.9 Å². The Hall–Kier alpha value is -2.47. The van der Waals surface area contributed by atoms with Crippen molar-refractivity contribution in [2.24, 2.45) is 0 Å². The van der Waals surface area contributed by atoms with E-state index in [1.54, 1.807) is 13.0 Å². The second-order valence-electron chi connectivity index (χ2n) is 6.30. The fourth-order valence-electron chi connectivity index (χ4n) is 3.05. The predicted molar refractivity (Wildman–Crippen MR) is 99.4 cm³/mol. The number of amides is 1. The van der Waals surface area contributed by atoms with E-state index in [4.69, 9.17) is 9.52 Å². The third-order valence-electron chi connectivity index (χ3n) is 4.35. The van der Waals surface area contributed by atoms with Crippen molar-refractivity contribution in [3.05, 3.63) is 64.2 Å². The summed E-state index contributed by atoms with van der Waals surface area (Å²) in [6.07, 6.45) is 0. The van der Waals surface area contributed by atoms with Gasteiger partial charge in [-0.25, -0.2) is 4.68 Å². The third kappa shape index (κ3) is 2.87. The molecule has 0 spiro atoms. The van der Waals surface area contributed by atoms with Gasteiger partial charge in [0.15, 0.2) is 0 Å². The van der Waals surface area contributed by atoms with Crippen LogP contribution < -0.4 is 5.32 Å². The van der Waals surface area contributed by atoms with Crippen molar-refractivity contribution >= 4 is 23.5 Å². The van der Waals surface area contributed by atoms with E-state index < -0.39 is 0 Å². The molecule has 0 bridgehead atoms. The lowest BCUT2D eigenvalue weighted by Crippen LogP contribution is -2.16. The molecule has 4 rings (SSSR count). The zero-order chi connectivity index (χ0) is 17.6. The Balaban J connectivity index is 1.74. The monoisotopic (exact) mass is 353 g/mol. The predicted octanol–water partition coefficient (Wildman–Crippen LogP) is 4.39. The van der Waals surface area contributed by atoms with E-state index >= 15 is 0 Å². The Labute approximate surface area is 150 Å². The van der Waals surface area contributed by atoms with Gasteiger partial charge < -0.3 is 9.73 Å². The summed E-state index contributed by atoms with van der Waals surface area (Å²) >= 11 is 1.81. The van der Waals surface area contributed by atoms with Gasteiger partial charge in [-0.2, -0.15) is 16.9 Å². The lowest BCUT2D eigenvalue weighted by Gasteiger charge is -2.11. The van der Waals surface area contributed by atoms with E-state index in [1.165, 1.54) is 5.56 Å². The van der Waals surface area contributed by atoms with Crippen LogP contribution in [0.25, 0.3) is 5.69 Å². The minimum Gasteiger partial charge on any atom is -0.466 e. The number of aromatic nitrogens is 2. The lowest BCUT2D eigenvalue weighted by molar-refractivity contribution is 0.102. The van der Waals surface area contributed by atoms with Crippen LogP contribution in [0.2, 0.25) is 0 Å². The molecule has 5 nitrogen and oxygen atoms in total. The standard InChI is InChI=1S/C19H19N3O2S/c1-11-4-6-14(7-5-11)22-18(16-9-25-10-17(16)21-22)20-19(23)15-8-12(2)24-13(15)3/h4-8H,9-10H2,1-3H3,(H,20,23). The highest BCUT2D eigenvalue weighted by atomic mass is 32.2. The van der Waals surface area contributed by atoms with Crippen molar-refractivity contribution in [3.63, 3.8) is 0 Å². The SMILES string of the molecule is Cc1ccc(-n2nc3c(c2NC(=O)c2cc(C)oc2C)CSC3)cc1. The number of carbonyl (C=O) groups is 1. The molecule has 1 amide bonds. The maximum Gasteiger partial charge on any atom is 0.260 e. The largest absolute Gasteiger partial charge is 0.466 e. The van der Waals surface area contributed by atoms with Gasteiger partial charge >= 0.3 is 0 Å². The van der Waals surface area contributed by atoms with Crippen LogP contribution in [0.1, 0.15) is 38.7 Å². The average Bonchev–Trinajstić information content (AvgIpc) is 3.24. The molecular formula is C19H19N3O2S. The number of hydrogen-bond donors (Lipinski definition) is 1. The molecule has 25 heavy (non-hydrogen) atoms. The summed E-state index contributed by atoms with van der Waals surface area (Å²) in [5.74, 6) is 3.69. The first kappa shape index (κ1) is 16.0. The van der Waals surface area contributed by atoms with Crippen molar-refractivity contribution < 1.29 is 9.21 Å². The van der Waals surface area contributed by atoms with Gasteiger partial charge in [-0.1, -0.05) is 17.7 Å². The first-order valence-corrected chi connectivity index (χ1v) is 9.32. The molecule has 0 radical (unpaired) electrons. The van der Waals surface area contributed by atoms with Gasteiger partial charge in [0.25, 0.3) is 5.91 Å². The van der Waals surface area contributed by atoms with E-state index in [2.05, 4.69) is 12.2 Å². The summed E-state index contributed by atoms with van der Waals surface area (Å²) in [5, 5.41) is 7.79. The maximum absolute atomic E-state index is 12.8. The van der Waals surface area contributed by atoms with Crippen LogP contribution in [0.4, 0.5) is 5.82 Å². The van der Waals surface area contributed by atoms with Gasteiger partial charge in [0, 0.05) is 17.1 Å². The quantitative estimate of drug-likeness (QED) is 0.759. The molecule has 3 aromatic rings. The van der Waals surface area contributed by atoms with Crippen molar-refractivity contribution in [3.8, 4) is 5.69 Å². The van der Waals surface area contributed by atoms with Crippen LogP contribution >= 0.6 is 11.8 Å². The van der Waals surface area contributed by atoms with Crippen molar-refractivity contribution in [1.29, 1.82) is 0 Å². The number of hydrogen-bond acceptors (Lipinski definition) is 4. The van der Waals surface area contributed by atoms with E-state index in [9.17, 15) is 4.79 Å². The smallest absolute Gasteiger partial charge is 0.260 e. The Morgan fingerprint density at radius 1 is 1.20 bits per heavy atom. The summed E-state index contributed by atoms with van der Waals surface area (Å²) in [7, 11) is 0. The molecule has 1 aliphatic rings. The number of fused-ring (bicyclic) bond motifs is 1. The number of rotatable bonds is 3. The summed E-state index contributed by atoms with van der Waals surface area (Å²) in [5.41, 5.74) is 4.85. The molecule has 0 fully saturated rings. The van der Waals surface area contributed by atoms with Crippen molar-refractivity contribution in [2.45, 2.75) is 32.3 Å². The minimum absolute atomic E-state index is 0.165. The zero-order valence-corrected chi connectivity index (χ0v) is 15.2. The molecule has 1 aliphatic heterocycles. The molecule has 3 heterocycles. The van der Waals surface area contributed by atoms with Gasteiger partial charge in [-0.3, -0.25) is 4.79 Å². The molecular weight excluding hydrogens is 334 g/mol. The first-order chi connectivity index (χ1) is 12.0. The van der Waals surface area contributed by atoms with Crippen LogP contribution in [-0.2, 0) is 11.5 Å². The van der Waals surface area contributed by atoms with Crippen LogP contribution in [-0.4, -0.2) is 15.7 Å². The molecule has 0 unspecified atom stereocenters. The summed E-state index contributed by atoms with van der Waals surface area (Å²) in [4.78, 5) is 12.8. The minimum atomic E-state index is -0.165. The molecule has 0 saturated carbocycles. The third-order valence-corrected chi connectivity index (χ3v) is 5.32. The Bertz CT molecular complexity index is 954. The van der Waals surface area contributed by atoms with E-state index in [0.29, 0.717) is 11.3 Å². The Morgan fingerprint density at radius 2 is 1.96 bits per heavy atom. The van der Waals surface area contributed by atoms with Crippen molar-refractivity contribution in [1.82, 2.24) is 9.78 Å². The second-order valence-corrected chi connectivity index (χ2v) is 7.28. The van der Waals surface area contributed by atoms with Crippen molar-refractivity contribution in [2.75, 3.05) is 5.32 Å². The number of carbonyl (C=O) groups excluding carboxylic acids is 1. The summed E-state index contributed by atoms with van der Waals surface area (Å²) in [6, 6.07) is 9.91. The van der Waals surface area contributed by atoms with Gasteiger partial charge in [0.1, 0.15) is 17.3 Å².